The number of para-hydroxylation sites is 1. The Balaban J connectivity index is 1.63. The number of carbonyl (C=O) groups excluding carboxylic acids is 3. The fourth-order valence-electron chi connectivity index (χ4n) is 5.17. The first kappa shape index (κ1) is 26.1. The topological polar surface area (TPSA) is 83.3 Å². The number of likely N-dealkylation sites (tertiary alicyclic amines) is 1. The molecule has 2 aliphatic rings. The molecule has 0 saturated carbocycles. The number of hydrogen-bond acceptors (Lipinski definition) is 4. The first-order valence-electron chi connectivity index (χ1n) is 12.0. The summed E-state index contributed by atoms with van der Waals surface area (Å²) >= 11 is 0. The third kappa shape index (κ3) is 4.86. The van der Waals surface area contributed by atoms with E-state index in [0.29, 0.717) is 12.1 Å². The third-order valence-electron chi connectivity index (χ3n) is 6.96. The van der Waals surface area contributed by atoms with E-state index in [9.17, 15) is 23.2 Å². The van der Waals surface area contributed by atoms with Gasteiger partial charge < -0.3 is 15.0 Å². The zero-order valence-electron chi connectivity index (χ0n) is 20.8. The fraction of sp³-hybridized carbons (Fsp3) is 0.407. The SMILES string of the molecule is [C-]#[N+][C@@H]1C[C@@]2(CN1C(=O)[C@H](CC(C)C)N(C)C(=O)c1cccc(OC(F)F)c1)C(=O)Nc1ccccc12. The van der Waals surface area contributed by atoms with E-state index in [1.165, 1.54) is 41.1 Å². The Kier molecular flexibility index (Phi) is 7.16. The molecule has 0 bridgehead atoms. The summed E-state index contributed by atoms with van der Waals surface area (Å²) in [5.74, 6) is -1.37. The van der Waals surface area contributed by atoms with Gasteiger partial charge in [0.1, 0.15) is 17.2 Å². The van der Waals surface area contributed by atoms with E-state index >= 15 is 0 Å². The van der Waals surface area contributed by atoms with Crippen molar-refractivity contribution in [2.75, 3.05) is 18.9 Å². The second-order valence-electron chi connectivity index (χ2n) is 9.83. The Bertz CT molecular complexity index is 1260. The molecule has 3 amide bonds. The van der Waals surface area contributed by atoms with Crippen molar-refractivity contribution < 1.29 is 27.9 Å². The molecule has 2 aromatic rings. The molecule has 2 heterocycles. The second kappa shape index (κ2) is 10.2. The molecule has 37 heavy (non-hydrogen) atoms. The Morgan fingerprint density at radius 3 is 2.65 bits per heavy atom. The minimum Gasteiger partial charge on any atom is -0.435 e. The van der Waals surface area contributed by atoms with Crippen LogP contribution >= 0.6 is 0 Å². The summed E-state index contributed by atoms with van der Waals surface area (Å²) < 4.78 is 29.7. The Morgan fingerprint density at radius 2 is 1.97 bits per heavy atom. The molecule has 1 spiro atoms. The van der Waals surface area contributed by atoms with Crippen LogP contribution in [0.1, 0.15) is 42.6 Å². The van der Waals surface area contributed by atoms with Gasteiger partial charge >= 0.3 is 12.8 Å². The van der Waals surface area contributed by atoms with Crippen LogP contribution in [0.15, 0.2) is 48.5 Å². The highest BCUT2D eigenvalue weighted by Gasteiger charge is 2.59. The van der Waals surface area contributed by atoms with Gasteiger partial charge in [0.15, 0.2) is 0 Å². The number of nitrogens with one attached hydrogen (secondary N) is 1. The van der Waals surface area contributed by atoms with Crippen LogP contribution in [0.25, 0.3) is 4.85 Å². The zero-order chi connectivity index (χ0) is 26.9. The number of amides is 3. The number of benzene rings is 2. The number of hydrogen-bond donors (Lipinski definition) is 1. The lowest BCUT2D eigenvalue weighted by Crippen LogP contribution is -2.51. The van der Waals surface area contributed by atoms with Crippen molar-refractivity contribution in [3.63, 3.8) is 0 Å². The third-order valence-corrected chi connectivity index (χ3v) is 6.96. The van der Waals surface area contributed by atoms with Gasteiger partial charge in [-0.25, -0.2) is 6.57 Å². The minimum atomic E-state index is -3.04. The maximum atomic E-state index is 13.9. The van der Waals surface area contributed by atoms with Crippen molar-refractivity contribution in [2.24, 2.45) is 5.92 Å². The van der Waals surface area contributed by atoms with Crippen LogP contribution in [0, 0.1) is 12.5 Å². The van der Waals surface area contributed by atoms with Crippen molar-refractivity contribution in [2.45, 2.75) is 50.9 Å². The molecule has 2 aliphatic heterocycles. The predicted molar refractivity (Wildman–Crippen MR) is 132 cm³/mol. The van der Waals surface area contributed by atoms with E-state index in [4.69, 9.17) is 6.57 Å². The monoisotopic (exact) mass is 510 g/mol. The molecule has 0 aliphatic carbocycles. The number of alkyl halides is 2. The van der Waals surface area contributed by atoms with Crippen LogP contribution in [-0.4, -0.2) is 59.9 Å². The average Bonchev–Trinajstić information content (AvgIpc) is 3.39. The number of halogens is 2. The maximum Gasteiger partial charge on any atom is 0.387 e. The standard InChI is InChI=1S/C27H28F2N4O4/c1-16(2)12-21(32(4)23(34)17-8-7-9-18(13-17)37-26(28)29)24(35)33-15-27(14-22(33)30-3)19-10-5-6-11-20(19)31-25(27)36/h5-11,13,16,21-22,26H,12,14-15H2,1-2,4H3,(H,31,36)/t21-,22-,27-/m0/s1. The van der Waals surface area contributed by atoms with Crippen molar-refractivity contribution in [1.29, 1.82) is 0 Å². The average molecular weight is 511 g/mol. The highest BCUT2D eigenvalue weighted by molar-refractivity contribution is 6.07. The molecule has 0 radical (unpaired) electrons. The summed E-state index contributed by atoms with van der Waals surface area (Å²) in [6.07, 6.45) is -0.402. The quantitative estimate of drug-likeness (QED) is 0.568. The van der Waals surface area contributed by atoms with Gasteiger partial charge in [0.05, 0.1) is 6.42 Å². The first-order chi connectivity index (χ1) is 17.6. The van der Waals surface area contributed by atoms with E-state index in [2.05, 4.69) is 14.9 Å². The maximum absolute atomic E-state index is 13.9. The molecule has 4 rings (SSSR count). The lowest BCUT2D eigenvalue weighted by Gasteiger charge is -2.32. The number of fused-ring (bicyclic) bond motifs is 2. The molecule has 0 aromatic heterocycles. The van der Waals surface area contributed by atoms with Crippen molar-refractivity contribution in [3.05, 3.63) is 71.1 Å². The summed E-state index contributed by atoms with van der Waals surface area (Å²) in [5, 5.41) is 2.87. The second-order valence-corrected chi connectivity index (χ2v) is 9.83. The predicted octanol–water partition coefficient (Wildman–Crippen LogP) is 4.14. The Morgan fingerprint density at radius 1 is 1.24 bits per heavy atom. The van der Waals surface area contributed by atoms with Gasteiger partial charge in [-0.1, -0.05) is 38.1 Å². The van der Waals surface area contributed by atoms with Gasteiger partial charge in [-0.2, -0.15) is 8.78 Å². The van der Waals surface area contributed by atoms with Crippen LogP contribution in [-0.2, 0) is 15.0 Å². The van der Waals surface area contributed by atoms with Crippen LogP contribution in [0.4, 0.5) is 14.5 Å². The summed E-state index contributed by atoms with van der Waals surface area (Å²) in [6, 6.07) is 11.7. The van der Waals surface area contributed by atoms with Crippen molar-refractivity contribution >= 4 is 23.4 Å². The van der Waals surface area contributed by atoms with Crippen LogP contribution < -0.4 is 10.1 Å². The lowest BCUT2D eigenvalue weighted by molar-refractivity contribution is -0.136. The van der Waals surface area contributed by atoms with Crippen molar-refractivity contribution in [1.82, 2.24) is 9.80 Å². The van der Waals surface area contributed by atoms with E-state index in [1.54, 1.807) is 6.07 Å². The van der Waals surface area contributed by atoms with Gasteiger partial charge in [0, 0.05) is 24.8 Å². The molecule has 1 fully saturated rings. The van der Waals surface area contributed by atoms with Crippen molar-refractivity contribution in [3.8, 4) is 5.75 Å². The molecular weight excluding hydrogens is 482 g/mol. The summed E-state index contributed by atoms with van der Waals surface area (Å²) in [7, 11) is 1.48. The minimum absolute atomic E-state index is 0.0239. The molecule has 8 nitrogen and oxygen atoms in total. The molecule has 1 N–H and O–H groups in total. The smallest absolute Gasteiger partial charge is 0.387 e. The molecule has 2 aromatic carbocycles. The Labute approximate surface area is 214 Å². The van der Waals surface area contributed by atoms with Gasteiger partial charge in [-0.15, -0.1) is 0 Å². The van der Waals surface area contributed by atoms with Gasteiger partial charge in [-0.3, -0.25) is 24.1 Å². The molecule has 1 saturated heterocycles. The number of likely N-dealkylation sites (N-methyl/N-ethyl adjacent to an activating group) is 1. The van der Waals surface area contributed by atoms with Gasteiger partial charge in [0.2, 0.25) is 5.91 Å². The number of rotatable bonds is 7. The van der Waals surface area contributed by atoms with Gasteiger partial charge in [-0.05, 0) is 42.2 Å². The number of ether oxygens (including phenoxy) is 1. The molecule has 3 atom stereocenters. The largest absolute Gasteiger partial charge is 0.435 e. The highest BCUT2D eigenvalue weighted by Crippen LogP contribution is 2.47. The molecule has 0 unspecified atom stereocenters. The van der Waals surface area contributed by atoms with E-state index in [-0.39, 0.29) is 36.1 Å². The fourth-order valence-corrected chi connectivity index (χ4v) is 5.17. The van der Waals surface area contributed by atoms with Crippen LogP contribution in [0.2, 0.25) is 0 Å². The van der Waals surface area contributed by atoms with Crippen LogP contribution in [0.3, 0.4) is 0 Å². The van der Waals surface area contributed by atoms with Crippen LogP contribution in [0.5, 0.6) is 5.75 Å². The lowest BCUT2D eigenvalue weighted by atomic mass is 9.80. The first-order valence-corrected chi connectivity index (χ1v) is 12.0. The number of anilines is 1. The molecule has 10 heteroatoms. The zero-order valence-corrected chi connectivity index (χ0v) is 20.8. The Hall–Kier alpha value is -4.00. The summed E-state index contributed by atoms with van der Waals surface area (Å²) in [4.78, 5) is 46.7. The molecule has 194 valence electrons. The van der Waals surface area contributed by atoms with E-state index < -0.39 is 36.0 Å². The van der Waals surface area contributed by atoms with E-state index in [1.807, 2.05) is 32.0 Å². The highest BCUT2D eigenvalue weighted by atomic mass is 19.3. The van der Waals surface area contributed by atoms with E-state index in [0.717, 1.165) is 5.56 Å². The number of carbonyl (C=O) groups is 3. The molecular formula is C27H28F2N4O4. The summed E-state index contributed by atoms with van der Waals surface area (Å²) in [6.45, 7) is 8.56. The summed E-state index contributed by atoms with van der Waals surface area (Å²) in [5.41, 5.74) is 0.478. The van der Waals surface area contributed by atoms with Gasteiger partial charge in [0.25, 0.3) is 11.8 Å². The normalized spacial score (nSPS) is 21.1. The number of nitrogens with zero attached hydrogens (tertiary/aromatic N) is 3.